The van der Waals surface area contributed by atoms with Crippen LogP contribution in [0.4, 0.5) is 0 Å². The van der Waals surface area contributed by atoms with Gasteiger partial charge in [-0.2, -0.15) is 0 Å². The largest absolute Gasteiger partial charge is 0.379 e. The lowest BCUT2D eigenvalue weighted by molar-refractivity contribution is -0.195. The summed E-state index contributed by atoms with van der Waals surface area (Å²) in [4.78, 5) is 0. The summed E-state index contributed by atoms with van der Waals surface area (Å²) in [6.07, 6.45) is 9.69. The number of hydrogen-bond donors (Lipinski definition) is 0. The minimum absolute atomic E-state index is 0.489. The van der Waals surface area contributed by atoms with Crippen molar-refractivity contribution in [3.05, 3.63) is 0 Å². The molecule has 20 heavy (non-hydrogen) atoms. The summed E-state index contributed by atoms with van der Waals surface area (Å²) in [5, 5.41) is 0. The third-order valence-electron chi connectivity index (χ3n) is 5.42. The van der Waals surface area contributed by atoms with E-state index in [0.29, 0.717) is 36.3 Å². The SMILES string of the molecule is C(COCC1CCC2CC1O2)OCC1CCC2OC2C1. The van der Waals surface area contributed by atoms with Gasteiger partial charge in [-0.15, -0.1) is 0 Å². The van der Waals surface area contributed by atoms with E-state index in [1.165, 1.54) is 38.5 Å². The summed E-state index contributed by atoms with van der Waals surface area (Å²) in [6, 6.07) is 0. The zero-order valence-corrected chi connectivity index (χ0v) is 12.2. The Bertz CT molecular complexity index is 326. The number of ether oxygens (including phenoxy) is 4. The Hall–Kier alpha value is -0.160. The zero-order chi connectivity index (χ0) is 13.4. The highest BCUT2D eigenvalue weighted by atomic mass is 16.6. The summed E-state index contributed by atoms with van der Waals surface area (Å²) >= 11 is 0. The van der Waals surface area contributed by atoms with Crippen LogP contribution in [0.1, 0.15) is 38.5 Å². The standard InChI is InChI=1S/C16H26O4/c1-4-14-16(20-14)7-11(1)9-17-5-6-18-10-12-2-3-13-8-15(12)19-13/h11-16H,1-10H2. The second-order valence-corrected chi connectivity index (χ2v) is 6.91. The van der Waals surface area contributed by atoms with Gasteiger partial charge in [0.25, 0.3) is 0 Å². The molecule has 0 radical (unpaired) electrons. The van der Waals surface area contributed by atoms with Gasteiger partial charge in [0, 0.05) is 18.9 Å². The van der Waals surface area contributed by atoms with Crippen LogP contribution in [0.25, 0.3) is 0 Å². The molecule has 3 aliphatic heterocycles. The fraction of sp³-hybridized carbons (Fsp3) is 1.00. The van der Waals surface area contributed by atoms with E-state index in [4.69, 9.17) is 18.9 Å². The Morgan fingerprint density at radius 2 is 1.60 bits per heavy atom. The number of hydrogen-bond acceptors (Lipinski definition) is 4. The van der Waals surface area contributed by atoms with Crippen molar-refractivity contribution < 1.29 is 18.9 Å². The van der Waals surface area contributed by atoms with Crippen LogP contribution in [0.5, 0.6) is 0 Å². The maximum atomic E-state index is 5.76. The lowest BCUT2D eigenvalue weighted by Gasteiger charge is -2.46. The minimum Gasteiger partial charge on any atom is -0.379 e. The van der Waals surface area contributed by atoms with E-state index in [2.05, 4.69) is 0 Å². The highest BCUT2D eigenvalue weighted by Gasteiger charge is 2.43. The number of rotatable bonds is 7. The first-order valence-electron chi connectivity index (χ1n) is 8.35. The van der Waals surface area contributed by atoms with Crippen molar-refractivity contribution >= 4 is 0 Å². The fourth-order valence-corrected chi connectivity index (χ4v) is 4.00. The molecule has 2 bridgehead atoms. The van der Waals surface area contributed by atoms with Crippen molar-refractivity contribution in [2.24, 2.45) is 11.8 Å². The Kier molecular flexibility index (Phi) is 3.99. The van der Waals surface area contributed by atoms with Crippen LogP contribution >= 0.6 is 0 Å². The summed E-state index contributed by atoms with van der Waals surface area (Å²) in [7, 11) is 0. The third kappa shape index (κ3) is 3.03. The molecule has 2 saturated carbocycles. The van der Waals surface area contributed by atoms with Crippen LogP contribution in [0.3, 0.4) is 0 Å². The van der Waals surface area contributed by atoms with Crippen LogP contribution in [-0.2, 0) is 18.9 Å². The third-order valence-corrected chi connectivity index (χ3v) is 5.42. The molecular formula is C16H26O4. The molecule has 2 aliphatic carbocycles. The molecule has 0 aromatic heterocycles. The Balaban J connectivity index is 1.03. The first kappa shape index (κ1) is 13.5. The van der Waals surface area contributed by atoms with E-state index < -0.39 is 0 Å². The molecule has 5 fully saturated rings. The highest BCUT2D eigenvalue weighted by molar-refractivity contribution is 4.91. The molecule has 0 amide bonds. The van der Waals surface area contributed by atoms with Gasteiger partial charge in [-0.1, -0.05) is 0 Å². The topological polar surface area (TPSA) is 40.2 Å². The average molecular weight is 282 g/mol. The van der Waals surface area contributed by atoms with Gasteiger partial charge in [-0.3, -0.25) is 0 Å². The van der Waals surface area contributed by atoms with Crippen molar-refractivity contribution in [2.45, 2.75) is 62.9 Å². The molecular weight excluding hydrogens is 256 g/mol. The monoisotopic (exact) mass is 282 g/mol. The van der Waals surface area contributed by atoms with Gasteiger partial charge < -0.3 is 18.9 Å². The normalized spacial score (nSPS) is 45.6. The van der Waals surface area contributed by atoms with Crippen LogP contribution in [0.2, 0.25) is 0 Å². The molecule has 4 nitrogen and oxygen atoms in total. The molecule has 3 saturated heterocycles. The maximum Gasteiger partial charge on any atom is 0.0845 e. The zero-order valence-electron chi connectivity index (χ0n) is 12.2. The first-order chi connectivity index (χ1) is 9.88. The molecule has 114 valence electrons. The Morgan fingerprint density at radius 3 is 2.35 bits per heavy atom. The van der Waals surface area contributed by atoms with Crippen molar-refractivity contribution in [3.8, 4) is 0 Å². The average Bonchev–Trinajstić information content (AvgIpc) is 3.20. The van der Waals surface area contributed by atoms with Crippen LogP contribution in [0.15, 0.2) is 0 Å². The molecule has 0 N–H and O–H groups in total. The van der Waals surface area contributed by atoms with E-state index in [0.717, 1.165) is 26.4 Å². The molecule has 5 rings (SSSR count). The minimum atomic E-state index is 0.489. The second kappa shape index (κ2) is 5.91. The van der Waals surface area contributed by atoms with E-state index >= 15 is 0 Å². The summed E-state index contributed by atoms with van der Waals surface area (Å²) in [5.74, 6) is 1.33. The number of fused-ring (bicyclic) bond motifs is 3. The second-order valence-electron chi connectivity index (χ2n) is 6.91. The lowest BCUT2D eigenvalue weighted by atomic mass is 9.80. The molecule has 3 heterocycles. The van der Waals surface area contributed by atoms with Crippen molar-refractivity contribution in [3.63, 3.8) is 0 Å². The number of epoxide rings is 1. The fourth-order valence-electron chi connectivity index (χ4n) is 4.00. The summed E-state index contributed by atoms with van der Waals surface area (Å²) in [6.45, 7) is 3.18. The summed E-state index contributed by atoms with van der Waals surface area (Å²) in [5.41, 5.74) is 0. The predicted octanol–water partition coefficient (Wildman–Crippen LogP) is 2.15. The van der Waals surface area contributed by atoms with Gasteiger partial charge in [0.05, 0.1) is 44.2 Å². The quantitative estimate of drug-likeness (QED) is 0.530. The Labute approximate surface area is 121 Å². The molecule has 6 unspecified atom stereocenters. The first-order valence-corrected chi connectivity index (χ1v) is 8.35. The van der Waals surface area contributed by atoms with Gasteiger partial charge in [-0.25, -0.2) is 0 Å². The Morgan fingerprint density at radius 1 is 0.750 bits per heavy atom. The van der Waals surface area contributed by atoms with Gasteiger partial charge in [0.1, 0.15) is 0 Å². The van der Waals surface area contributed by atoms with E-state index in [1.807, 2.05) is 0 Å². The molecule has 5 aliphatic rings. The van der Waals surface area contributed by atoms with Gasteiger partial charge >= 0.3 is 0 Å². The van der Waals surface area contributed by atoms with E-state index in [1.54, 1.807) is 0 Å². The maximum absolute atomic E-state index is 5.76. The van der Waals surface area contributed by atoms with E-state index in [-0.39, 0.29) is 0 Å². The molecule has 6 atom stereocenters. The molecule has 4 heteroatoms. The summed E-state index contributed by atoms with van der Waals surface area (Å²) < 4.78 is 22.8. The van der Waals surface area contributed by atoms with Gasteiger partial charge in [0.15, 0.2) is 0 Å². The van der Waals surface area contributed by atoms with Crippen LogP contribution in [0, 0.1) is 11.8 Å². The van der Waals surface area contributed by atoms with Crippen molar-refractivity contribution in [1.29, 1.82) is 0 Å². The van der Waals surface area contributed by atoms with Crippen LogP contribution in [-0.4, -0.2) is 50.8 Å². The predicted molar refractivity (Wildman–Crippen MR) is 73.6 cm³/mol. The molecule has 0 aromatic rings. The lowest BCUT2D eigenvalue weighted by Crippen LogP contribution is -2.49. The van der Waals surface area contributed by atoms with Crippen LogP contribution < -0.4 is 0 Å². The molecule has 0 aromatic carbocycles. The smallest absolute Gasteiger partial charge is 0.0845 e. The van der Waals surface area contributed by atoms with E-state index in [9.17, 15) is 0 Å². The molecule has 0 spiro atoms. The van der Waals surface area contributed by atoms with Gasteiger partial charge in [-0.05, 0) is 38.0 Å². The van der Waals surface area contributed by atoms with Crippen molar-refractivity contribution in [1.82, 2.24) is 0 Å². The van der Waals surface area contributed by atoms with Gasteiger partial charge in [0.2, 0.25) is 0 Å². The highest BCUT2D eigenvalue weighted by Crippen LogP contribution is 2.40. The van der Waals surface area contributed by atoms with Crippen molar-refractivity contribution in [2.75, 3.05) is 26.4 Å².